The van der Waals surface area contributed by atoms with E-state index in [4.69, 9.17) is 0 Å². The molecule has 0 atom stereocenters. The molecule has 1 amide bonds. The quantitative estimate of drug-likeness (QED) is 0.766. The van der Waals surface area contributed by atoms with Crippen molar-refractivity contribution in [1.82, 2.24) is 25.0 Å². The second-order valence-electron chi connectivity index (χ2n) is 6.57. The maximum atomic E-state index is 12.6. The minimum absolute atomic E-state index is 0.237. The highest BCUT2D eigenvalue weighted by Gasteiger charge is 2.19. The molecular formula is C19H21N7O. The van der Waals surface area contributed by atoms with Crippen LogP contribution in [0.4, 0.5) is 11.6 Å². The molecule has 1 N–H and O–H groups in total. The number of nitrogens with one attached hydrogen (secondary N) is 1. The van der Waals surface area contributed by atoms with Gasteiger partial charge in [0.25, 0.3) is 5.91 Å². The summed E-state index contributed by atoms with van der Waals surface area (Å²) < 4.78 is 0. The lowest BCUT2D eigenvalue weighted by Gasteiger charge is -2.18. The molecule has 1 saturated heterocycles. The predicted octanol–water partition coefficient (Wildman–Crippen LogP) is 2.53. The number of carbonyl (C=O) groups excluding carboxylic acids is 1. The van der Waals surface area contributed by atoms with Gasteiger partial charge in [-0.15, -0.1) is 5.10 Å². The van der Waals surface area contributed by atoms with Crippen LogP contribution in [-0.2, 0) is 0 Å². The molecule has 1 fully saturated rings. The normalized spacial score (nSPS) is 13.8. The molecule has 1 aliphatic heterocycles. The van der Waals surface area contributed by atoms with Crippen molar-refractivity contribution in [2.75, 3.05) is 23.3 Å². The first kappa shape index (κ1) is 17.1. The Balaban J connectivity index is 1.54. The summed E-state index contributed by atoms with van der Waals surface area (Å²) in [4.78, 5) is 25.4. The van der Waals surface area contributed by atoms with E-state index in [9.17, 15) is 4.79 Å². The summed E-state index contributed by atoms with van der Waals surface area (Å²) in [5.74, 6) is 0.399. The van der Waals surface area contributed by atoms with Crippen LogP contribution in [0.25, 0.3) is 5.69 Å². The summed E-state index contributed by atoms with van der Waals surface area (Å²) >= 11 is 0. The van der Waals surface area contributed by atoms with Crippen LogP contribution in [0.3, 0.4) is 0 Å². The van der Waals surface area contributed by atoms with Crippen molar-refractivity contribution in [3.8, 4) is 5.69 Å². The minimum Gasteiger partial charge on any atom is -0.341 e. The number of nitrogens with zero attached hydrogens (tertiary/aromatic N) is 6. The van der Waals surface area contributed by atoms with E-state index in [1.807, 2.05) is 44.2 Å². The molecule has 2 aromatic heterocycles. The number of carbonyl (C=O) groups is 1. The number of hydrogen-bond donors (Lipinski definition) is 1. The number of anilines is 2. The van der Waals surface area contributed by atoms with Crippen molar-refractivity contribution in [3.63, 3.8) is 0 Å². The highest BCUT2D eigenvalue weighted by molar-refractivity contribution is 6.03. The molecule has 3 heterocycles. The van der Waals surface area contributed by atoms with Crippen molar-refractivity contribution in [2.45, 2.75) is 26.7 Å². The predicted molar refractivity (Wildman–Crippen MR) is 102 cm³/mol. The van der Waals surface area contributed by atoms with Crippen molar-refractivity contribution in [1.29, 1.82) is 0 Å². The Morgan fingerprint density at radius 2 is 1.70 bits per heavy atom. The van der Waals surface area contributed by atoms with Gasteiger partial charge in [-0.2, -0.15) is 9.90 Å². The van der Waals surface area contributed by atoms with E-state index in [1.54, 1.807) is 0 Å². The largest absolute Gasteiger partial charge is 0.341 e. The van der Waals surface area contributed by atoms with E-state index < -0.39 is 0 Å². The lowest BCUT2D eigenvalue weighted by Crippen LogP contribution is -2.22. The Kier molecular flexibility index (Phi) is 4.53. The zero-order chi connectivity index (χ0) is 18.8. The van der Waals surface area contributed by atoms with Crippen LogP contribution in [0.2, 0.25) is 0 Å². The third-order valence-electron chi connectivity index (χ3n) is 4.60. The number of para-hydroxylation sites is 1. The molecule has 0 spiro atoms. The van der Waals surface area contributed by atoms with E-state index in [1.165, 1.54) is 11.0 Å². The zero-order valence-electron chi connectivity index (χ0n) is 15.4. The van der Waals surface area contributed by atoms with Crippen LogP contribution in [-0.4, -0.2) is 44.0 Å². The SMILES string of the molecule is Cc1nc(N2CCCC2)nc(C)c1NC(=O)c1cnn(-c2ccccc2)n1. The molecule has 0 unspecified atom stereocenters. The highest BCUT2D eigenvalue weighted by Crippen LogP contribution is 2.23. The lowest BCUT2D eigenvalue weighted by atomic mass is 10.2. The molecule has 8 heteroatoms. The first-order chi connectivity index (χ1) is 13.1. The molecule has 138 valence electrons. The Morgan fingerprint density at radius 3 is 2.37 bits per heavy atom. The van der Waals surface area contributed by atoms with E-state index in [-0.39, 0.29) is 11.6 Å². The van der Waals surface area contributed by atoms with Gasteiger partial charge < -0.3 is 10.2 Å². The molecule has 4 rings (SSSR count). The van der Waals surface area contributed by atoms with Crippen LogP contribution in [0.1, 0.15) is 34.7 Å². The Hall–Kier alpha value is -3.29. The molecular weight excluding hydrogens is 342 g/mol. The molecule has 1 aliphatic rings. The number of amides is 1. The summed E-state index contributed by atoms with van der Waals surface area (Å²) in [6.07, 6.45) is 3.78. The van der Waals surface area contributed by atoms with Crippen LogP contribution in [0.15, 0.2) is 36.5 Å². The van der Waals surface area contributed by atoms with Crippen LogP contribution in [0.5, 0.6) is 0 Å². The molecule has 3 aromatic rings. The molecule has 0 bridgehead atoms. The van der Waals surface area contributed by atoms with Crippen molar-refractivity contribution < 1.29 is 4.79 Å². The topological polar surface area (TPSA) is 88.8 Å². The smallest absolute Gasteiger partial charge is 0.277 e. The average molecular weight is 363 g/mol. The van der Waals surface area contributed by atoms with Gasteiger partial charge in [0.2, 0.25) is 5.95 Å². The van der Waals surface area contributed by atoms with E-state index in [0.717, 1.165) is 49.0 Å². The standard InChI is InChI=1S/C19H21N7O/c1-13-17(14(2)22-19(21-13)25-10-6-7-11-25)23-18(27)16-12-20-26(24-16)15-8-4-3-5-9-15/h3-5,8-9,12H,6-7,10-11H2,1-2H3,(H,23,27). The maximum absolute atomic E-state index is 12.6. The van der Waals surface area contributed by atoms with E-state index in [2.05, 4.69) is 30.4 Å². The number of hydrogen-bond acceptors (Lipinski definition) is 6. The second-order valence-corrected chi connectivity index (χ2v) is 6.57. The highest BCUT2D eigenvalue weighted by atomic mass is 16.2. The molecule has 0 aliphatic carbocycles. The molecule has 1 aromatic carbocycles. The summed E-state index contributed by atoms with van der Waals surface area (Å²) in [7, 11) is 0. The van der Waals surface area contributed by atoms with Gasteiger partial charge in [-0.3, -0.25) is 4.79 Å². The fraction of sp³-hybridized carbons (Fsp3) is 0.316. The first-order valence-corrected chi connectivity index (χ1v) is 9.01. The Bertz CT molecular complexity index is 938. The van der Waals surface area contributed by atoms with Crippen molar-refractivity contribution in [3.05, 3.63) is 53.6 Å². The van der Waals surface area contributed by atoms with Gasteiger partial charge >= 0.3 is 0 Å². The molecule has 27 heavy (non-hydrogen) atoms. The summed E-state index contributed by atoms with van der Waals surface area (Å²) in [6, 6.07) is 9.45. The summed E-state index contributed by atoms with van der Waals surface area (Å²) in [5.41, 5.74) is 3.14. The second kappa shape index (κ2) is 7.14. The van der Waals surface area contributed by atoms with Crippen LogP contribution >= 0.6 is 0 Å². The Labute approximate surface area is 157 Å². The number of benzene rings is 1. The third kappa shape index (κ3) is 3.51. The van der Waals surface area contributed by atoms with Crippen molar-refractivity contribution in [2.24, 2.45) is 0 Å². The van der Waals surface area contributed by atoms with Gasteiger partial charge in [-0.25, -0.2) is 9.97 Å². The van der Waals surface area contributed by atoms with Gasteiger partial charge in [-0.05, 0) is 38.8 Å². The van der Waals surface area contributed by atoms with Crippen LogP contribution in [0, 0.1) is 13.8 Å². The van der Waals surface area contributed by atoms with Gasteiger partial charge in [0, 0.05) is 13.1 Å². The minimum atomic E-state index is -0.332. The number of rotatable bonds is 4. The van der Waals surface area contributed by atoms with Gasteiger partial charge in [-0.1, -0.05) is 18.2 Å². The number of aryl methyl sites for hydroxylation is 2. The first-order valence-electron chi connectivity index (χ1n) is 9.01. The van der Waals surface area contributed by atoms with E-state index >= 15 is 0 Å². The average Bonchev–Trinajstić information content (AvgIpc) is 3.37. The Morgan fingerprint density at radius 1 is 1.04 bits per heavy atom. The molecule has 8 nitrogen and oxygen atoms in total. The van der Waals surface area contributed by atoms with Crippen LogP contribution < -0.4 is 10.2 Å². The maximum Gasteiger partial charge on any atom is 0.277 e. The van der Waals surface area contributed by atoms with Gasteiger partial charge in [0.1, 0.15) is 0 Å². The third-order valence-corrected chi connectivity index (χ3v) is 4.60. The fourth-order valence-electron chi connectivity index (χ4n) is 3.17. The van der Waals surface area contributed by atoms with Gasteiger partial charge in [0.05, 0.1) is 29.0 Å². The zero-order valence-corrected chi connectivity index (χ0v) is 15.4. The molecule has 0 saturated carbocycles. The number of aromatic nitrogens is 5. The monoisotopic (exact) mass is 363 g/mol. The summed E-state index contributed by atoms with van der Waals surface area (Å²) in [5, 5.41) is 11.3. The molecule has 0 radical (unpaired) electrons. The van der Waals surface area contributed by atoms with Crippen molar-refractivity contribution >= 4 is 17.5 Å². The summed E-state index contributed by atoms with van der Waals surface area (Å²) in [6.45, 7) is 5.72. The fourth-order valence-corrected chi connectivity index (χ4v) is 3.17. The van der Waals surface area contributed by atoms with Gasteiger partial charge in [0.15, 0.2) is 5.69 Å². The van der Waals surface area contributed by atoms with E-state index in [0.29, 0.717) is 5.69 Å². The lowest BCUT2D eigenvalue weighted by molar-refractivity contribution is 0.102.